The van der Waals surface area contributed by atoms with E-state index in [9.17, 15) is 8.78 Å². The van der Waals surface area contributed by atoms with E-state index < -0.39 is 5.92 Å². The SMILES string of the molecule is FC1(F)CCN(Cc2cncc(-c3cnc4[nH]nc(-c5nc6c(-c7cccnc7)cccc6[nH]5)c4c3)c2)C1. The van der Waals surface area contributed by atoms with Crippen LogP contribution in [-0.4, -0.2) is 59.0 Å². The van der Waals surface area contributed by atoms with E-state index in [4.69, 9.17) is 4.98 Å². The molecule has 1 aromatic carbocycles. The molecule has 1 saturated heterocycles. The summed E-state index contributed by atoms with van der Waals surface area (Å²) in [5.74, 6) is -1.99. The molecule has 0 aliphatic carbocycles. The minimum Gasteiger partial charge on any atom is -0.337 e. The van der Waals surface area contributed by atoms with E-state index in [0.29, 0.717) is 30.3 Å². The fourth-order valence-corrected chi connectivity index (χ4v) is 5.07. The highest BCUT2D eigenvalue weighted by Gasteiger charge is 2.37. The number of likely N-dealkylation sites (tertiary alicyclic amines) is 1. The van der Waals surface area contributed by atoms with Crippen molar-refractivity contribution < 1.29 is 8.78 Å². The van der Waals surface area contributed by atoms with Gasteiger partial charge in [0.25, 0.3) is 5.92 Å². The lowest BCUT2D eigenvalue weighted by Crippen LogP contribution is -2.24. The maximum Gasteiger partial charge on any atom is 0.261 e. The minimum absolute atomic E-state index is 0.102. The highest BCUT2D eigenvalue weighted by atomic mass is 19.3. The van der Waals surface area contributed by atoms with Crippen molar-refractivity contribution in [3.63, 3.8) is 0 Å². The molecule has 0 atom stereocenters. The van der Waals surface area contributed by atoms with Crippen molar-refractivity contribution in [1.82, 2.24) is 40.0 Å². The van der Waals surface area contributed by atoms with Gasteiger partial charge in [-0.15, -0.1) is 0 Å². The van der Waals surface area contributed by atoms with E-state index in [0.717, 1.165) is 44.2 Å². The van der Waals surface area contributed by atoms with E-state index in [1.807, 2.05) is 48.7 Å². The number of halogens is 2. The van der Waals surface area contributed by atoms with Crippen LogP contribution in [0.15, 0.2) is 73.4 Å². The number of hydrogen-bond donors (Lipinski definition) is 2. The van der Waals surface area contributed by atoms with Gasteiger partial charge in [-0.25, -0.2) is 18.7 Å². The molecule has 0 unspecified atom stereocenters. The first-order valence-electron chi connectivity index (χ1n) is 12.3. The third-order valence-electron chi connectivity index (χ3n) is 6.91. The van der Waals surface area contributed by atoms with Gasteiger partial charge in [-0.05, 0) is 29.8 Å². The fourth-order valence-electron chi connectivity index (χ4n) is 5.07. The Hall–Kier alpha value is -4.57. The maximum absolute atomic E-state index is 13.6. The number of alkyl halides is 2. The summed E-state index contributed by atoms with van der Waals surface area (Å²) in [6, 6.07) is 13.9. The third-order valence-corrected chi connectivity index (χ3v) is 6.91. The topological polar surface area (TPSA) is 99.3 Å². The number of hydrogen-bond acceptors (Lipinski definition) is 6. The molecule has 8 nitrogen and oxygen atoms in total. The highest BCUT2D eigenvalue weighted by molar-refractivity contribution is 5.97. The average Bonchev–Trinajstić information content (AvgIpc) is 3.64. The van der Waals surface area contributed by atoms with Crippen molar-refractivity contribution >= 4 is 22.1 Å². The van der Waals surface area contributed by atoms with Gasteiger partial charge in [0.15, 0.2) is 11.5 Å². The minimum atomic E-state index is -2.62. The summed E-state index contributed by atoms with van der Waals surface area (Å²) in [6.07, 6.45) is 8.70. The van der Waals surface area contributed by atoms with Crippen molar-refractivity contribution in [1.29, 1.82) is 0 Å². The van der Waals surface area contributed by atoms with Crippen molar-refractivity contribution in [2.75, 3.05) is 13.1 Å². The van der Waals surface area contributed by atoms with E-state index >= 15 is 0 Å². The molecule has 1 aliphatic rings. The molecule has 10 heteroatoms. The van der Waals surface area contributed by atoms with Crippen LogP contribution in [0.4, 0.5) is 8.78 Å². The molecule has 188 valence electrons. The van der Waals surface area contributed by atoms with E-state index in [1.54, 1.807) is 29.7 Å². The lowest BCUT2D eigenvalue weighted by atomic mass is 10.1. The summed E-state index contributed by atoms with van der Waals surface area (Å²) in [4.78, 5) is 23.2. The fraction of sp³-hybridized carbons (Fsp3) is 0.179. The molecule has 0 saturated carbocycles. The van der Waals surface area contributed by atoms with Crippen LogP contribution in [-0.2, 0) is 6.54 Å². The highest BCUT2D eigenvalue weighted by Crippen LogP contribution is 2.33. The number of para-hydroxylation sites is 1. The molecule has 7 rings (SSSR count). The Bertz CT molecular complexity index is 1780. The molecule has 2 N–H and O–H groups in total. The van der Waals surface area contributed by atoms with Gasteiger partial charge in [-0.2, -0.15) is 5.10 Å². The number of nitrogens with zero attached hydrogens (tertiary/aromatic N) is 6. The smallest absolute Gasteiger partial charge is 0.261 e. The Balaban J connectivity index is 1.24. The molecule has 5 aromatic heterocycles. The zero-order valence-corrected chi connectivity index (χ0v) is 20.2. The van der Waals surface area contributed by atoms with Gasteiger partial charge in [0.05, 0.1) is 23.0 Å². The lowest BCUT2D eigenvalue weighted by molar-refractivity contribution is 0.0115. The van der Waals surface area contributed by atoms with Crippen LogP contribution < -0.4 is 0 Å². The normalized spacial score (nSPS) is 15.5. The molecule has 0 spiro atoms. The van der Waals surface area contributed by atoms with Crippen LogP contribution in [0, 0.1) is 0 Å². The predicted molar refractivity (Wildman–Crippen MR) is 140 cm³/mol. The number of aromatic amines is 2. The number of benzene rings is 1. The Kier molecular flexibility index (Phi) is 5.22. The second kappa shape index (κ2) is 8.77. The van der Waals surface area contributed by atoms with Gasteiger partial charge in [0, 0.05) is 72.7 Å². The molecule has 1 fully saturated rings. The summed E-state index contributed by atoms with van der Waals surface area (Å²) < 4.78 is 27.3. The second-order valence-electron chi connectivity index (χ2n) is 9.62. The van der Waals surface area contributed by atoms with Gasteiger partial charge in [-0.1, -0.05) is 18.2 Å². The Morgan fingerprint density at radius 2 is 1.84 bits per heavy atom. The molecular formula is C28H22F2N8. The molecule has 1 aliphatic heterocycles. The molecule has 0 radical (unpaired) electrons. The third kappa shape index (κ3) is 4.08. The van der Waals surface area contributed by atoms with Crippen LogP contribution in [0.5, 0.6) is 0 Å². The van der Waals surface area contributed by atoms with Crippen LogP contribution in [0.25, 0.3) is 55.8 Å². The summed E-state index contributed by atoms with van der Waals surface area (Å²) in [5, 5.41) is 8.32. The quantitative estimate of drug-likeness (QED) is 0.321. The van der Waals surface area contributed by atoms with Gasteiger partial charge in [0.2, 0.25) is 0 Å². The molecular weight excluding hydrogens is 486 g/mol. The number of rotatable bonds is 5. The lowest BCUT2D eigenvalue weighted by Gasteiger charge is -2.15. The number of imidazole rings is 1. The zero-order chi connectivity index (χ0) is 25.7. The number of aromatic nitrogens is 7. The van der Waals surface area contributed by atoms with Crippen molar-refractivity contribution in [2.24, 2.45) is 0 Å². The average molecular weight is 509 g/mol. The van der Waals surface area contributed by atoms with Crippen LogP contribution in [0.1, 0.15) is 12.0 Å². The Labute approximate surface area is 215 Å². The van der Waals surface area contributed by atoms with Crippen molar-refractivity contribution in [3.05, 3.63) is 79.0 Å². The first-order chi connectivity index (χ1) is 18.5. The second-order valence-corrected chi connectivity index (χ2v) is 9.62. The molecule has 6 heterocycles. The van der Waals surface area contributed by atoms with Gasteiger partial charge in [0.1, 0.15) is 5.69 Å². The first kappa shape index (κ1) is 22.6. The predicted octanol–water partition coefficient (Wildman–Crippen LogP) is 5.47. The van der Waals surface area contributed by atoms with Crippen molar-refractivity contribution in [3.8, 4) is 33.8 Å². The van der Waals surface area contributed by atoms with E-state index in [1.165, 1.54) is 0 Å². The molecule has 6 aromatic rings. The molecule has 38 heavy (non-hydrogen) atoms. The summed E-state index contributed by atoms with van der Waals surface area (Å²) >= 11 is 0. The number of fused-ring (bicyclic) bond motifs is 2. The van der Waals surface area contributed by atoms with Crippen LogP contribution in [0.2, 0.25) is 0 Å². The zero-order valence-electron chi connectivity index (χ0n) is 20.2. The largest absolute Gasteiger partial charge is 0.337 e. The van der Waals surface area contributed by atoms with E-state index in [2.05, 4.69) is 30.1 Å². The van der Waals surface area contributed by atoms with Crippen molar-refractivity contribution in [2.45, 2.75) is 18.9 Å². The Morgan fingerprint density at radius 3 is 2.68 bits per heavy atom. The van der Waals surface area contributed by atoms with Crippen LogP contribution in [0.3, 0.4) is 0 Å². The summed E-state index contributed by atoms with van der Waals surface area (Å²) in [6.45, 7) is 0.591. The number of nitrogens with one attached hydrogen (secondary N) is 2. The monoisotopic (exact) mass is 508 g/mol. The molecule has 0 amide bonds. The van der Waals surface area contributed by atoms with E-state index in [-0.39, 0.29) is 13.0 Å². The summed E-state index contributed by atoms with van der Waals surface area (Å²) in [7, 11) is 0. The first-order valence-corrected chi connectivity index (χ1v) is 12.3. The van der Waals surface area contributed by atoms with Gasteiger partial charge in [-0.3, -0.25) is 20.0 Å². The molecule has 0 bridgehead atoms. The van der Waals surface area contributed by atoms with Crippen LogP contribution >= 0.6 is 0 Å². The summed E-state index contributed by atoms with van der Waals surface area (Å²) in [5.41, 5.74) is 7.59. The Morgan fingerprint density at radius 1 is 0.947 bits per heavy atom. The number of H-pyrrole nitrogens is 2. The van der Waals surface area contributed by atoms with Gasteiger partial charge < -0.3 is 4.98 Å². The standard InChI is InChI=1S/C28H22F2N8/c29-28(30)6-8-38(16-28)15-17-9-19(13-32-11-17)20-10-22-25(36-37-26(22)33-14-20)27-34-23-5-1-4-21(24(23)35-27)18-3-2-7-31-12-18/h1-5,7,9-14H,6,8,15-16H2,(H,34,35)(H,33,36,37). The maximum atomic E-state index is 13.6. The van der Waals surface area contributed by atoms with Gasteiger partial charge >= 0.3 is 0 Å². The number of pyridine rings is 3.